The summed E-state index contributed by atoms with van der Waals surface area (Å²) in [5, 5.41) is 0. The Labute approximate surface area is 173 Å². The number of carbonyl (C=O) groups excluding carboxylic acids is 1. The van der Waals surface area contributed by atoms with Gasteiger partial charge in [0.1, 0.15) is 0 Å². The molecule has 2 aromatic carbocycles. The van der Waals surface area contributed by atoms with Gasteiger partial charge in [-0.15, -0.1) is 12.4 Å². The Morgan fingerprint density at radius 3 is 2.21 bits per heavy atom. The lowest BCUT2D eigenvalue weighted by Gasteiger charge is -2.22. The highest BCUT2D eigenvalue weighted by Gasteiger charge is 2.15. The molecule has 0 unspecified atom stereocenters. The van der Waals surface area contributed by atoms with Crippen LogP contribution >= 0.6 is 12.4 Å². The molecule has 1 amide bonds. The Kier molecular flexibility index (Phi) is 10.2. The van der Waals surface area contributed by atoms with Crippen molar-refractivity contribution in [1.29, 1.82) is 0 Å². The van der Waals surface area contributed by atoms with E-state index in [0.717, 1.165) is 12.0 Å². The van der Waals surface area contributed by atoms with Crippen molar-refractivity contribution in [3.05, 3.63) is 71.3 Å². The first-order chi connectivity index (χ1) is 12.9. The zero-order valence-corrected chi connectivity index (χ0v) is 17.6. The van der Waals surface area contributed by atoms with Crippen molar-refractivity contribution in [1.82, 2.24) is 9.62 Å². The lowest BCUT2D eigenvalue weighted by atomic mass is 10.1. The van der Waals surface area contributed by atoms with E-state index in [0.29, 0.717) is 25.2 Å². The standard InChI is InChI=1S/C20H27N3O3S.ClH/c1-2-27(25,26)22-16-18-8-10-19(11-9-18)20(24)23(15-13-21)14-12-17-6-4-3-5-7-17;/h3-11,22H,2,12-16,21H2,1H3;1H. The second-order valence-electron chi connectivity index (χ2n) is 6.24. The van der Waals surface area contributed by atoms with Gasteiger partial charge in [0, 0.05) is 31.7 Å². The molecule has 0 aliphatic rings. The van der Waals surface area contributed by atoms with Crippen molar-refractivity contribution in [2.24, 2.45) is 5.73 Å². The fraction of sp³-hybridized carbons (Fsp3) is 0.350. The topological polar surface area (TPSA) is 92.5 Å². The normalized spacial score (nSPS) is 10.9. The molecule has 154 valence electrons. The maximum atomic E-state index is 12.8. The fourth-order valence-electron chi connectivity index (χ4n) is 2.62. The largest absolute Gasteiger partial charge is 0.337 e. The van der Waals surface area contributed by atoms with Crippen LogP contribution in [-0.2, 0) is 23.0 Å². The van der Waals surface area contributed by atoms with Crippen LogP contribution in [0.25, 0.3) is 0 Å². The molecule has 0 aliphatic heterocycles. The molecule has 6 nitrogen and oxygen atoms in total. The van der Waals surface area contributed by atoms with Crippen molar-refractivity contribution in [3.8, 4) is 0 Å². The van der Waals surface area contributed by atoms with E-state index in [1.165, 1.54) is 5.56 Å². The second kappa shape index (κ2) is 11.8. The van der Waals surface area contributed by atoms with Gasteiger partial charge in [0.2, 0.25) is 10.0 Å². The Balaban J connectivity index is 0.00000392. The van der Waals surface area contributed by atoms with Crippen molar-refractivity contribution >= 4 is 28.3 Å². The van der Waals surface area contributed by atoms with Crippen molar-refractivity contribution in [2.75, 3.05) is 25.4 Å². The number of nitrogens with two attached hydrogens (primary N) is 1. The third kappa shape index (κ3) is 7.59. The van der Waals surface area contributed by atoms with E-state index in [4.69, 9.17) is 5.73 Å². The van der Waals surface area contributed by atoms with E-state index in [2.05, 4.69) is 4.72 Å². The minimum atomic E-state index is -3.24. The summed E-state index contributed by atoms with van der Waals surface area (Å²) in [4.78, 5) is 14.5. The number of halogens is 1. The summed E-state index contributed by atoms with van der Waals surface area (Å²) in [7, 11) is -3.24. The number of hydrogen-bond donors (Lipinski definition) is 2. The van der Waals surface area contributed by atoms with E-state index >= 15 is 0 Å². The highest BCUT2D eigenvalue weighted by atomic mass is 35.5. The van der Waals surface area contributed by atoms with Gasteiger partial charge in [-0.05, 0) is 36.6 Å². The van der Waals surface area contributed by atoms with Gasteiger partial charge < -0.3 is 10.6 Å². The molecule has 2 rings (SSSR count). The summed E-state index contributed by atoms with van der Waals surface area (Å²) < 4.78 is 25.5. The molecular formula is C20H28ClN3O3S. The van der Waals surface area contributed by atoms with E-state index < -0.39 is 10.0 Å². The first-order valence-corrected chi connectivity index (χ1v) is 10.7. The van der Waals surface area contributed by atoms with Crippen molar-refractivity contribution < 1.29 is 13.2 Å². The van der Waals surface area contributed by atoms with Gasteiger partial charge >= 0.3 is 0 Å². The monoisotopic (exact) mass is 425 g/mol. The molecule has 0 aliphatic carbocycles. The Morgan fingerprint density at radius 1 is 1.00 bits per heavy atom. The van der Waals surface area contributed by atoms with Crippen LogP contribution in [0.1, 0.15) is 28.4 Å². The average molecular weight is 426 g/mol. The van der Waals surface area contributed by atoms with Crippen LogP contribution in [0.3, 0.4) is 0 Å². The summed E-state index contributed by atoms with van der Waals surface area (Å²) in [5.41, 5.74) is 8.22. The highest BCUT2D eigenvalue weighted by molar-refractivity contribution is 7.89. The summed E-state index contributed by atoms with van der Waals surface area (Å²) in [5.74, 6) is -0.0315. The predicted octanol–water partition coefficient (Wildman–Crippen LogP) is 2.19. The maximum Gasteiger partial charge on any atom is 0.253 e. The first kappa shape index (κ1) is 24.1. The summed E-state index contributed by atoms with van der Waals surface area (Å²) in [6.45, 7) is 3.29. The summed E-state index contributed by atoms with van der Waals surface area (Å²) >= 11 is 0. The highest BCUT2D eigenvalue weighted by Crippen LogP contribution is 2.10. The van der Waals surface area contributed by atoms with Crippen LogP contribution in [0.2, 0.25) is 0 Å². The fourth-order valence-corrected chi connectivity index (χ4v) is 3.21. The zero-order valence-electron chi connectivity index (χ0n) is 16.0. The van der Waals surface area contributed by atoms with Gasteiger partial charge in [-0.25, -0.2) is 13.1 Å². The van der Waals surface area contributed by atoms with Crippen molar-refractivity contribution in [3.63, 3.8) is 0 Å². The number of hydrogen-bond acceptors (Lipinski definition) is 4. The predicted molar refractivity (Wildman–Crippen MR) is 115 cm³/mol. The molecule has 2 aromatic rings. The second-order valence-corrected chi connectivity index (χ2v) is 8.33. The molecule has 3 N–H and O–H groups in total. The lowest BCUT2D eigenvalue weighted by Crippen LogP contribution is -2.37. The van der Waals surface area contributed by atoms with Crippen molar-refractivity contribution in [2.45, 2.75) is 19.9 Å². The molecule has 0 bridgehead atoms. The number of nitrogens with one attached hydrogen (secondary N) is 1. The number of sulfonamides is 1. The Bertz CT molecular complexity index is 828. The molecule has 0 saturated heterocycles. The van der Waals surface area contributed by atoms with Gasteiger partial charge in [-0.2, -0.15) is 0 Å². The molecule has 0 atom stereocenters. The smallest absolute Gasteiger partial charge is 0.253 e. The SMILES string of the molecule is CCS(=O)(=O)NCc1ccc(C(=O)N(CCN)CCc2ccccc2)cc1.Cl. The van der Waals surface area contributed by atoms with Crippen LogP contribution < -0.4 is 10.5 Å². The number of nitrogens with zero attached hydrogens (tertiary/aromatic N) is 1. The first-order valence-electron chi connectivity index (χ1n) is 9.04. The van der Waals surface area contributed by atoms with Crippen LogP contribution in [0.5, 0.6) is 0 Å². The van der Waals surface area contributed by atoms with Gasteiger partial charge in [-0.1, -0.05) is 42.5 Å². The summed E-state index contributed by atoms with van der Waals surface area (Å²) in [6, 6.07) is 17.0. The maximum absolute atomic E-state index is 12.8. The minimum absolute atomic E-state index is 0. The van der Waals surface area contributed by atoms with Gasteiger partial charge in [0.15, 0.2) is 0 Å². The van der Waals surface area contributed by atoms with Gasteiger partial charge in [0.25, 0.3) is 5.91 Å². The lowest BCUT2D eigenvalue weighted by molar-refractivity contribution is 0.0762. The summed E-state index contributed by atoms with van der Waals surface area (Å²) in [6.07, 6.45) is 0.767. The van der Waals surface area contributed by atoms with Crippen LogP contribution in [0.15, 0.2) is 54.6 Å². The average Bonchev–Trinajstić information content (AvgIpc) is 2.70. The number of carbonyl (C=O) groups is 1. The van der Waals surface area contributed by atoms with Crippen LogP contribution in [-0.4, -0.2) is 44.6 Å². The third-order valence-corrected chi connectivity index (χ3v) is 5.62. The molecule has 0 radical (unpaired) electrons. The molecule has 0 heterocycles. The molecule has 8 heteroatoms. The number of rotatable bonds is 10. The minimum Gasteiger partial charge on any atom is -0.337 e. The molecule has 0 spiro atoms. The molecule has 28 heavy (non-hydrogen) atoms. The van der Waals surface area contributed by atoms with Crippen LogP contribution in [0.4, 0.5) is 0 Å². The quantitative estimate of drug-likeness (QED) is 0.610. The van der Waals surface area contributed by atoms with Crippen LogP contribution in [0, 0.1) is 0 Å². The number of benzene rings is 2. The van der Waals surface area contributed by atoms with E-state index in [1.807, 2.05) is 30.3 Å². The van der Waals surface area contributed by atoms with E-state index in [1.54, 1.807) is 36.1 Å². The molecular weight excluding hydrogens is 398 g/mol. The van der Waals surface area contributed by atoms with Gasteiger partial charge in [-0.3, -0.25) is 4.79 Å². The van der Waals surface area contributed by atoms with Gasteiger partial charge in [0.05, 0.1) is 5.75 Å². The number of amides is 1. The Hall–Kier alpha value is -1.93. The Morgan fingerprint density at radius 2 is 1.64 bits per heavy atom. The molecule has 0 aromatic heterocycles. The van der Waals surface area contributed by atoms with E-state index in [9.17, 15) is 13.2 Å². The molecule has 0 saturated carbocycles. The zero-order chi connectivity index (χ0) is 19.7. The molecule has 0 fully saturated rings. The third-order valence-electron chi connectivity index (χ3n) is 4.28. The van der Waals surface area contributed by atoms with E-state index in [-0.39, 0.29) is 30.6 Å².